The molecule has 24 heavy (non-hydrogen) atoms. The molecule has 1 atom stereocenters. The number of hydrogen-bond acceptors (Lipinski definition) is 5. The minimum atomic E-state index is -0.0630. The van der Waals surface area contributed by atoms with Crippen molar-refractivity contribution in [2.45, 2.75) is 18.9 Å². The van der Waals surface area contributed by atoms with Gasteiger partial charge in [0.1, 0.15) is 0 Å². The van der Waals surface area contributed by atoms with Gasteiger partial charge in [-0.1, -0.05) is 23.5 Å². The van der Waals surface area contributed by atoms with Crippen LogP contribution in [-0.4, -0.2) is 35.1 Å². The van der Waals surface area contributed by atoms with Crippen molar-refractivity contribution in [1.82, 2.24) is 9.97 Å². The fourth-order valence-corrected chi connectivity index (χ4v) is 3.84. The molecule has 5 nitrogen and oxygen atoms in total. The van der Waals surface area contributed by atoms with Crippen LogP contribution in [0.5, 0.6) is 0 Å². The maximum atomic E-state index is 13.0. The molecule has 0 spiro atoms. The van der Waals surface area contributed by atoms with Crippen molar-refractivity contribution in [3.8, 4) is 0 Å². The lowest BCUT2D eigenvalue weighted by Gasteiger charge is -2.23. The van der Waals surface area contributed by atoms with Crippen molar-refractivity contribution in [2.24, 2.45) is 0 Å². The standard InChI is InChI=1S/C18H17N3O2S/c22-17(13-7-9-19-10-8-13)21(12-14-4-3-11-23-14)18-20-15-5-1-2-6-16(15)24-18/h1-2,5-10,14H,3-4,11-12H2/t14-/m0/s1. The molecule has 0 unspecified atom stereocenters. The third-order valence-corrected chi connectivity index (χ3v) is 5.16. The summed E-state index contributed by atoms with van der Waals surface area (Å²) in [6.45, 7) is 1.29. The van der Waals surface area contributed by atoms with Gasteiger partial charge in [-0.3, -0.25) is 14.7 Å². The number of aromatic nitrogens is 2. The number of carbonyl (C=O) groups excluding carboxylic acids is 1. The largest absolute Gasteiger partial charge is 0.376 e. The summed E-state index contributed by atoms with van der Waals surface area (Å²) in [6.07, 6.45) is 5.36. The van der Waals surface area contributed by atoms with E-state index in [1.807, 2.05) is 24.3 Å². The Bertz CT molecular complexity index is 811. The quantitative estimate of drug-likeness (QED) is 0.730. The average Bonchev–Trinajstić information content (AvgIpc) is 3.29. The van der Waals surface area contributed by atoms with Gasteiger partial charge in [-0.05, 0) is 37.1 Å². The molecule has 1 aliphatic heterocycles. The van der Waals surface area contributed by atoms with Crippen LogP contribution < -0.4 is 4.90 Å². The number of rotatable bonds is 4. The maximum absolute atomic E-state index is 13.0. The molecule has 0 N–H and O–H groups in total. The summed E-state index contributed by atoms with van der Waals surface area (Å²) in [5, 5.41) is 0.716. The molecule has 1 amide bonds. The van der Waals surface area contributed by atoms with Gasteiger partial charge in [0.15, 0.2) is 5.13 Å². The predicted octanol–water partition coefficient (Wildman–Crippen LogP) is 3.52. The lowest BCUT2D eigenvalue weighted by molar-refractivity contribution is 0.0917. The molecule has 3 aromatic rings. The van der Waals surface area contributed by atoms with Gasteiger partial charge < -0.3 is 4.74 Å². The van der Waals surface area contributed by atoms with Crippen LogP contribution in [0, 0.1) is 0 Å². The van der Waals surface area contributed by atoms with Crippen molar-refractivity contribution >= 4 is 32.6 Å². The molecule has 4 rings (SSSR count). The third-order valence-electron chi connectivity index (χ3n) is 4.10. The summed E-state index contributed by atoms with van der Waals surface area (Å²) < 4.78 is 6.81. The fourth-order valence-electron chi connectivity index (χ4n) is 2.87. The summed E-state index contributed by atoms with van der Waals surface area (Å²) in [6, 6.07) is 11.4. The monoisotopic (exact) mass is 339 g/mol. The zero-order valence-corrected chi connectivity index (χ0v) is 13.9. The number of ether oxygens (including phenoxy) is 1. The van der Waals surface area contributed by atoms with E-state index < -0.39 is 0 Å². The summed E-state index contributed by atoms with van der Waals surface area (Å²) in [5.74, 6) is -0.0630. The van der Waals surface area contributed by atoms with Gasteiger partial charge in [0.2, 0.25) is 0 Å². The minimum Gasteiger partial charge on any atom is -0.376 e. The van der Waals surface area contributed by atoms with Gasteiger partial charge in [0.05, 0.1) is 22.9 Å². The number of para-hydroxylation sites is 1. The first kappa shape index (κ1) is 15.2. The van der Waals surface area contributed by atoms with E-state index in [9.17, 15) is 4.79 Å². The van der Waals surface area contributed by atoms with Crippen LogP contribution in [0.4, 0.5) is 5.13 Å². The SMILES string of the molecule is O=C(c1ccncc1)N(C[C@@H]1CCCO1)c1nc2ccccc2s1. The molecule has 1 aliphatic rings. The topological polar surface area (TPSA) is 55.3 Å². The van der Waals surface area contributed by atoms with Gasteiger partial charge in [-0.15, -0.1) is 0 Å². The molecule has 1 saturated heterocycles. The van der Waals surface area contributed by atoms with Gasteiger partial charge in [0.25, 0.3) is 5.91 Å². The van der Waals surface area contributed by atoms with Crippen LogP contribution in [0.2, 0.25) is 0 Å². The second-order valence-electron chi connectivity index (χ2n) is 5.75. The molecule has 0 aliphatic carbocycles. The maximum Gasteiger partial charge on any atom is 0.260 e. The number of carbonyl (C=O) groups is 1. The Morgan fingerprint density at radius 2 is 2.08 bits per heavy atom. The lowest BCUT2D eigenvalue weighted by atomic mass is 10.2. The van der Waals surface area contributed by atoms with Crippen LogP contribution in [-0.2, 0) is 4.74 Å². The molecule has 3 heterocycles. The van der Waals surface area contributed by atoms with Gasteiger partial charge in [0, 0.05) is 24.6 Å². The van der Waals surface area contributed by atoms with E-state index in [0.717, 1.165) is 29.7 Å². The van der Waals surface area contributed by atoms with E-state index in [1.165, 1.54) is 11.3 Å². The number of thiazole rings is 1. The lowest BCUT2D eigenvalue weighted by Crippen LogP contribution is -2.37. The van der Waals surface area contributed by atoms with E-state index in [2.05, 4.69) is 9.97 Å². The van der Waals surface area contributed by atoms with Crippen LogP contribution >= 0.6 is 11.3 Å². The normalized spacial score (nSPS) is 17.2. The highest BCUT2D eigenvalue weighted by atomic mass is 32.1. The zero-order valence-electron chi connectivity index (χ0n) is 13.1. The first-order valence-electron chi connectivity index (χ1n) is 8.00. The van der Waals surface area contributed by atoms with Crippen LogP contribution in [0.15, 0.2) is 48.8 Å². The van der Waals surface area contributed by atoms with Crippen molar-refractivity contribution in [3.63, 3.8) is 0 Å². The van der Waals surface area contributed by atoms with Gasteiger partial charge in [-0.2, -0.15) is 0 Å². The third kappa shape index (κ3) is 3.02. The second kappa shape index (κ2) is 6.67. The number of hydrogen-bond donors (Lipinski definition) is 0. The molecule has 1 fully saturated rings. The Morgan fingerprint density at radius 1 is 1.25 bits per heavy atom. The highest BCUT2D eigenvalue weighted by Crippen LogP contribution is 2.30. The zero-order chi connectivity index (χ0) is 16.4. The first-order chi connectivity index (χ1) is 11.8. The minimum absolute atomic E-state index is 0.0630. The van der Waals surface area contributed by atoms with Crippen molar-refractivity contribution < 1.29 is 9.53 Å². The molecule has 0 radical (unpaired) electrons. The number of pyridine rings is 1. The first-order valence-corrected chi connectivity index (χ1v) is 8.82. The molecule has 122 valence electrons. The number of fused-ring (bicyclic) bond motifs is 1. The van der Waals surface area contributed by atoms with Crippen molar-refractivity contribution in [2.75, 3.05) is 18.1 Å². The highest BCUT2D eigenvalue weighted by Gasteiger charge is 2.26. The molecular weight excluding hydrogens is 322 g/mol. The fraction of sp³-hybridized carbons (Fsp3) is 0.278. The van der Waals surface area contributed by atoms with Gasteiger partial charge in [-0.25, -0.2) is 4.98 Å². The van der Waals surface area contributed by atoms with E-state index in [4.69, 9.17) is 4.74 Å². The molecule has 0 bridgehead atoms. The van der Waals surface area contributed by atoms with Crippen LogP contribution in [0.25, 0.3) is 10.2 Å². The predicted molar refractivity (Wildman–Crippen MR) is 94.5 cm³/mol. The Kier molecular flexibility index (Phi) is 4.23. The van der Waals surface area contributed by atoms with Crippen molar-refractivity contribution in [3.05, 3.63) is 54.4 Å². The smallest absolute Gasteiger partial charge is 0.260 e. The number of nitrogens with zero attached hydrogens (tertiary/aromatic N) is 3. The summed E-state index contributed by atoms with van der Waals surface area (Å²) >= 11 is 1.53. The average molecular weight is 339 g/mol. The Balaban J connectivity index is 1.70. The Labute approximate surface area is 143 Å². The van der Waals surface area contributed by atoms with E-state index in [1.54, 1.807) is 29.4 Å². The Hall–Kier alpha value is -2.31. The number of amides is 1. The van der Waals surface area contributed by atoms with E-state index >= 15 is 0 Å². The van der Waals surface area contributed by atoms with Crippen molar-refractivity contribution in [1.29, 1.82) is 0 Å². The summed E-state index contributed by atoms with van der Waals surface area (Å²) in [5.41, 5.74) is 1.53. The van der Waals surface area contributed by atoms with Gasteiger partial charge >= 0.3 is 0 Å². The number of anilines is 1. The summed E-state index contributed by atoms with van der Waals surface area (Å²) in [7, 11) is 0. The second-order valence-corrected chi connectivity index (χ2v) is 6.76. The molecule has 2 aromatic heterocycles. The summed E-state index contributed by atoms with van der Waals surface area (Å²) in [4.78, 5) is 23.4. The van der Waals surface area contributed by atoms with E-state index in [0.29, 0.717) is 17.2 Å². The molecule has 0 saturated carbocycles. The van der Waals surface area contributed by atoms with Crippen LogP contribution in [0.1, 0.15) is 23.2 Å². The van der Waals surface area contributed by atoms with E-state index in [-0.39, 0.29) is 12.0 Å². The molecule has 6 heteroatoms. The van der Waals surface area contributed by atoms with Crippen LogP contribution in [0.3, 0.4) is 0 Å². The highest BCUT2D eigenvalue weighted by molar-refractivity contribution is 7.22. The molecular formula is C18H17N3O2S. The molecule has 1 aromatic carbocycles. The number of benzene rings is 1. The Morgan fingerprint density at radius 3 is 2.83 bits per heavy atom.